The maximum Gasteiger partial charge on any atom is 0.336 e. The molecule has 1 aliphatic heterocycles. The molecule has 1 N–H and O–H groups in total. The fourth-order valence-corrected chi connectivity index (χ4v) is 5.65. The van der Waals surface area contributed by atoms with Gasteiger partial charge in [0.05, 0.1) is 5.92 Å². The number of methoxy groups -OCH3 is 1. The van der Waals surface area contributed by atoms with E-state index in [1.807, 2.05) is 0 Å². The van der Waals surface area contributed by atoms with Gasteiger partial charge in [0.15, 0.2) is 0 Å². The van der Waals surface area contributed by atoms with Crippen LogP contribution in [0.1, 0.15) is 59.3 Å². The summed E-state index contributed by atoms with van der Waals surface area (Å²) in [5, 5.41) is 9.90. The molecule has 5 atom stereocenters. The van der Waals surface area contributed by atoms with E-state index in [1.54, 1.807) is 6.08 Å². The lowest BCUT2D eigenvalue weighted by Crippen LogP contribution is -2.52. The third-order valence-corrected chi connectivity index (χ3v) is 7.41. The Hall–Kier alpha value is -1.62. The van der Waals surface area contributed by atoms with Crippen LogP contribution in [0.2, 0.25) is 0 Å². The average Bonchev–Trinajstić information content (AvgIpc) is 2.95. The van der Waals surface area contributed by atoms with Crippen LogP contribution >= 0.6 is 0 Å². The monoisotopic (exact) mass is 362 g/mol. The number of aliphatic carboxylic acids is 1. The number of cyclic esters (lactones) is 1. The number of hydrogen-bond acceptors (Lipinski definition) is 4. The van der Waals surface area contributed by atoms with Crippen LogP contribution in [-0.4, -0.2) is 30.4 Å². The number of hydrogen-bond donors (Lipinski definition) is 1. The molecule has 0 bridgehead atoms. The van der Waals surface area contributed by atoms with E-state index in [0.29, 0.717) is 30.8 Å². The van der Waals surface area contributed by atoms with Crippen LogP contribution in [0.4, 0.5) is 0 Å². The summed E-state index contributed by atoms with van der Waals surface area (Å²) < 4.78 is 10.2. The van der Waals surface area contributed by atoms with Crippen molar-refractivity contribution in [1.82, 2.24) is 0 Å². The second-order valence-electron chi connectivity index (χ2n) is 8.57. The third-order valence-electron chi connectivity index (χ3n) is 7.41. The predicted molar refractivity (Wildman–Crippen MR) is 97.3 cm³/mol. The minimum atomic E-state index is -0.709. The Balaban J connectivity index is 1.88. The quantitative estimate of drug-likeness (QED) is 0.589. The van der Waals surface area contributed by atoms with Gasteiger partial charge in [0.2, 0.25) is 6.29 Å². The van der Waals surface area contributed by atoms with Crippen molar-refractivity contribution in [2.45, 2.75) is 65.6 Å². The van der Waals surface area contributed by atoms with Gasteiger partial charge in [-0.3, -0.25) is 4.79 Å². The number of allylic oxidation sites excluding steroid dienone is 2. The summed E-state index contributed by atoms with van der Waals surface area (Å²) in [4.78, 5) is 24.1. The standard InChI is InChI=1S/C21H30O5/c1-13-6-5-7-16-20(13,2)11-9-15(18(22)23)21(16,3)10-8-14-12-17(25-4)26-19(14)24/h6,12,15-17H,5,7-11H2,1-4H3,(H,22,23). The Labute approximate surface area is 155 Å². The topological polar surface area (TPSA) is 72.8 Å². The van der Waals surface area contributed by atoms with Gasteiger partial charge < -0.3 is 14.6 Å². The average molecular weight is 362 g/mol. The first kappa shape index (κ1) is 19.2. The van der Waals surface area contributed by atoms with Gasteiger partial charge in [-0.2, -0.15) is 0 Å². The van der Waals surface area contributed by atoms with Crippen LogP contribution in [0, 0.1) is 22.7 Å². The smallest absolute Gasteiger partial charge is 0.336 e. The largest absolute Gasteiger partial charge is 0.481 e. The second-order valence-corrected chi connectivity index (χ2v) is 8.57. The molecule has 0 radical (unpaired) electrons. The molecule has 0 aromatic heterocycles. The second kappa shape index (κ2) is 6.84. The molecule has 0 spiro atoms. The Bertz CT molecular complexity index is 663. The SMILES string of the molecule is COC1C=C(CCC2(C)C(C(=O)O)CCC3(C)C(C)=CCCC32)C(=O)O1. The van der Waals surface area contributed by atoms with Crippen molar-refractivity contribution in [2.75, 3.05) is 7.11 Å². The predicted octanol–water partition coefficient (Wildman–Crippen LogP) is 4.09. The normalized spacial score (nSPS) is 39.7. The lowest BCUT2D eigenvalue weighted by Gasteiger charge is -2.57. The Morgan fingerprint density at radius 2 is 2.12 bits per heavy atom. The molecule has 0 amide bonds. The Morgan fingerprint density at radius 3 is 2.73 bits per heavy atom. The van der Waals surface area contributed by atoms with E-state index in [4.69, 9.17) is 9.47 Å². The van der Waals surface area contributed by atoms with E-state index in [1.165, 1.54) is 12.7 Å². The number of carbonyl (C=O) groups excluding carboxylic acids is 1. The summed E-state index contributed by atoms with van der Waals surface area (Å²) >= 11 is 0. The third kappa shape index (κ3) is 3.00. The van der Waals surface area contributed by atoms with E-state index < -0.39 is 12.3 Å². The fourth-order valence-electron chi connectivity index (χ4n) is 5.65. The number of esters is 1. The molecule has 2 aliphatic carbocycles. The van der Waals surface area contributed by atoms with Crippen molar-refractivity contribution >= 4 is 11.9 Å². The number of rotatable bonds is 5. The molecule has 3 rings (SSSR count). The molecule has 0 aromatic carbocycles. The first-order valence-corrected chi connectivity index (χ1v) is 9.57. The van der Waals surface area contributed by atoms with Gasteiger partial charge in [0.1, 0.15) is 0 Å². The molecule has 1 heterocycles. The number of carboxylic acids is 1. The van der Waals surface area contributed by atoms with Crippen molar-refractivity contribution in [3.05, 3.63) is 23.3 Å². The fraction of sp³-hybridized carbons (Fsp3) is 0.714. The molecule has 1 fully saturated rings. The molecule has 3 aliphatic rings. The summed E-state index contributed by atoms with van der Waals surface area (Å²) in [6, 6.07) is 0. The lowest BCUT2D eigenvalue weighted by atomic mass is 9.46. The van der Waals surface area contributed by atoms with E-state index in [2.05, 4.69) is 26.8 Å². The highest BCUT2D eigenvalue weighted by Gasteiger charge is 2.56. The van der Waals surface area contributed by atoms with Gasteiger partial charge in [-0.25, -0.2) is 4.79 Å². The van der Waals surface area contributed by atoms with E-state index in [0.717, 1.165) is 19.3 Å². The van der Waals surface area contributed by atoms with Gasteiger partial charge in [-0.05, 0) is 68.3 Å². The number of carboxylic acid groups (broad SMARTS) is 1. The lowest BCUT2D eigenvalue weighted by molar-refractivity contribution is -0.156. The Morgan fingerprint density at radius 1 is 1.38 bits per heavy atom. The first-order chi connectivity index (χ1) is 12.2. The molecular formula is C21H30O5. The van der Waals surface area contributed by atoms with E-state index in [9.17, 15) is 14.7 Å². The highest BCUT2D eigenvalue weighted by molar-refractivity contribution is 5.90. The Kier molecular flexibility index (Phi) is 5.04. The van der Waals surface area contributed by atoms with E-state index in [-0.39, 0.29) is 22.7 Å². The minimum absolute atomic E-state index is 0.0541. The molecule has 5 nitrogen and oxygen atoms in total. The van der Waals surface area contributed by atoms with Crippen molar-refractivity contribution in [1.29, 1.82) is 0 Å². The van der Waals surface area contributed by atoms with Crippen molar-refractivity contribution in [2.24, 2.45) is 22.7 Å². The molecule has 5 heteroatoms. The van der Waals surface area contributed by atoms with Crippen LogP contribution in [0.5, 0.6) is 0 Å². The summed E-state index contributed by atoms with van der Waals surface area (Å²) in [6.07, 6.45) is 8.26. The van der Waals surface area contributed by atoms with Gasteiger partial charge in [0.25, 0.3) is 0 Å². The number of fused-ring (bicyclic) bond motifs is 1. The van der Waals surface area contributed by atoms with Crippen molar-refractivity contribution in [3.63, 3.8) is 0 Å². The van der Waals surface area contributed by atoms with Gasteiger partial charge in [0, 0.05) is 12.7 Å². The molecule has 5 unspecified atom stereocenters. The van der Waals surface area contributed by atoms with Crippen LogP contribution in [0.15, 0.2) is 23.3 Å². The molecular weight excluding hydrogens is 332 g/mol. The van der Waals surface area contributed by atoms with Gasteiger partial charge in [-0.15, -0.1) is 0 Å². The molecule has 1 saturated carbocycles. The minimum Gasteiger partial charge on any atom is -0.481 e. The van der Waals surface area contributed by atoms with Crippen molar-refractivity contribution < 1.29 is 24.2 Å². The zero-order valence-corrected chi connectivity index (χ0v) is 16.2. The van der Waals surface area contributed by atoms with Crippen LogP contribution in [0.25, 0.3) is 0 Å². The molecule has 144 valence electrons. The van der Waals surface area contributed by atoms with Crippen molar-refractivity contribution in [3.8, 4) is 0 Å². The summed E-state index contributed by atoms with van der Waals surface area (Å²) in [7, 11) is 1.50. The molecule has 0 saturated heterocycles. The highest BCUT2D eigenvalue weighted by Crippen LogP contribution is 2.62. The number of ether oxygens (including phenoxy) is 2. The van der Waals surface area contributed by atoms with Crippen LogP contribution < -0.4 is 0 Å². The highest BCUT2D eigenvalue weighted by atomic mass is 16.7. The van der Waals surface area contributed by atoms with Crippen LogP contribution in [-0.2, 0) is 19.1 Å². The zero-order valence-electron chi connectivity index (χ0n) is 16.2. The zero-order chi connectivity index (χ0) is 19.1. The maximum absolute atomic E-state index is 12.0. The summed E-state index contributed by atoms with van der Waals surface area (Å²) in [5.41, 5.74) is 1.71. The summed E-state index contributed by atoms with van der Waals surface area (Å²) in [6.45, 7) is 6.61. The van der Waals surface area contributed by atoms with Crippen LogP contribution in [0.3, 0.4) is 0 Å². The van der Waals surface area contributed by atoms with Gasteiger partial charge >= 0.3 is 11.9 Å². The van der Waals surface area contributed by atoms with E-state index >= 15 is 0 Å². The summed E-state index contributed by atoms with van der Waals surface area (Å²) in [5.74, 6) is -1.11. The first-order valence-electron chi connectivity index (χ1n) is 9.57. The van der Waals surface area contributed by atoms with Gasteiger partial charge in [-0.1, -0.05) is 25.5 Å². The maximum atomic E-state index is 12.0. The number of carbonyl (C=O) groups is 2. The molecule has 26 heavy (non-hydrogen) atoms. The molecule has 0 aromatic rings.